The summed E-state index contributed by atoms with van der Waals surface area (Å²) in [6.45, 7) is 3.75. The first kappa shape index (κ1) is 15.3. The molecule has 0 fully saturated rings. The molecule has 0 aliphatic heterocycles. The van der Waals surface area contributed by atoms with E-state index >= 15 is 0 Å². The van der Waals surface area contributed by atoms with Gasteiger partial charge in [-0.2, -0.15) is 0 Å². The number of nitrogens with zero attached hydrogens (tertiary/aromatic N) is 1. The first-order chi connectivity index (χ1) is 10.5. The Balaban J connectivity index is 1.71. The lowest BCUT2D eigenvalue weighted by atomic mass is 10.2. The lowest BCUT2D eigenvalue weighted by Gasteiger charge is -2.09. The van der Waals surface area contributed by atoms with Crippen molar-refractivity contribution in [1.82, 2.24) is 10.3 Å². The third-order valence-electron chi connectivity index (χ3n) is 3.06. The number of aryl methyl sites for hydroxylation is 1. The van der Waals surface area contributed by atoms with E-state index in [-0.39, 0.29) is 11.9 Å². The van der Waals surface area contributed by atoms with Crippen molar-refractivity contribution >= 4 is 40.2 Å². The van der Waals surface area contributed by atoms with Crippen LogP contribution in [-0.2, 0) is 0 Å². The predicted molar refractivity (Wildman–Crippen MR) is 89.8 cm³/mol. The molecule has 1 unspecified atom stereocenters. The van der Waals surface area contributed by atoms with Gasteiger partial charge in [0.2, 0.25) is 0 Å². The molecule has 0 spiro atoms. The quantitative estimate of drug-likeness (QED) is 0.725. The van der Waals surface area contributed by atoms with Crippen LogP contribution in [0.15, 0.2) is 34.1 Å². The predicted octanol–water partition coefficient (Wildman–Crippen LogP) is 4.92. The number of hydrogen-bond acceptors (Lipinski definition) is 5. The number of aromatic nitrogens is 1. The van der Waals surface area contributed by atoms with Gasteiger partial charge in [-0.05, 0) is 38.1 Å². The van der Waals surface area contributed by atoms with Crippen molar-refractivity contribution in [3.05, 3.63) is 51.2 Å². The van der Waals surface area contributed by atoms with Gasteiger partial charge in [-0.25, -0.2) is 4.98 Å². The molecule has 4 nitrogen and oxygen atoms in total. The van der Waals surface area contributed by atoms with E-state index in [1.54, 1.807) is 5.38 Å². The maximum atomic E-state index is 12.3. The summed E-state index contributed by atoms with van der Waals surface area (Å²) in [5.74, 6) is 1.33. The van der Waals surface area contributed by atoms with E-state index in [0.29, 0.717) is 10.0 Å². The summed E-state index contributed by atoms with van der Waals surface area (Å²) in [4.78, 5) is 17.6. The Morgan fingerprint density at radius 3 is 2.82 bits per heavy atom. The maximum absolute atomic E-state index is 12.3. The van der Waals surface area contributed by atoms with Crippen molar-refractivity contribution in [2.45, 2.75) is 19.9 Å². The summed E-state index contributed by atoms with van der Waals surface area (Å²) in [6, 6.07) is 7.26. The molecule has 3 rings (SSSR count). The minimum Gasteiger partial charge on any atom is -0.464 e. The standard InChI is InChI=1S/C15H13ClN2O2S2/c1-8-3-4-11(20-8)9(2)17-14(19)10-7-21-15(18-10)12-5-6-13(16)22-12/h3-7,9H,1-2H3,(H,17,19). The largest absolute Gasteiger partial charge is 0.464 e. The van der Waals surface area contributed by atoms with Crippen molar-refractivity contribution in [2.24, 2.45) is 0 Å². The molecule has 0 radical (unpaired) electrons. The van der Waals surface area contributed by atoms with E-state index in [2.05, 4.69) is 10.3 Å². The van der Waals surface area contributed by atoms with Crippen molar-refractivity contribution in [3.8, 4) is 9.88 Å². The van der Waals surface area contributed by atoms with E-state index in [1.165, 1.54) is 22.7 Å². The van der Waals surface area contributed by atoms with Crippen LogP contribution in [0, 0.1) is 6.92 Å². The van der Waals surface area contributed by atoms with Gasteiger partial charge in [-0.1, -0.05) is 11.6 Å². The second kappa shape index (κ2) is 6.24. The molecule has 1 N–H and O–H groups in total. The van der Waals surface area contributed by atoms with Gasteiger partial charge in [0.15, 0.2) is 0 Å². The summed E-state index contributed by atoms with van der Waals surface area (Å²) in [7, 11) is 0. The summed E-state index contributed by atoms with van der Waals surface area (Å²) >= 11 is 8.80. The smallest absolute Gasteiger partial charge is 0.271 e. The molecule has 114 valence electrons. The van der Waals surface area contributed by atoms with Crippen LogP contribution in [0.25, 0.3) is 9.88 Å². The number of rotatable bonds is 4. The van der Waals surface area contributed by atoms with Crippen molar-refractivity contribution in [3.63, 3.8) is 0 Å². The van der Waals surface area contributed by atoms with Crippen LogP contribution >= 0.6 is 34.3 Å². The normalized spacial score (nSPS) is 12.3. The van der Waals surface area contributed by atoms with E-state index in [9.17, 15) is 4.79 Å². The van der Waals surface area contributed by atoms with Gasteiger partial charge in [0.05, 0.1) is 15.3 Å². The number of thiazole rings is 1. The van der Waals surface area contributed by atoms with Gasteiger partial charge in [-0.15, -0.1) is 22.7 Å². The molecule has 0 aliphatic carbocycles. The Kier molecular flexibility index (Phi) is 4.33. The third kappa shape index (κ3) is 3.24. The van der Waals surface area contributed by atoms with E-state index in [4.69, 9.17) is 16.0 Å². The number of carbonyl (C=O) groups is 1. The lowest BCUT2D eigenvalue weighted by Crippen LogP contribution is -2.26. The summed E-state index contributed by atoms with van der Waals surface area (Å²) in [5, 5.41) is 5.43. The minimum atomic E-state index is -0.216. The number of thiophene rings is 1. The first-order valence-corrected chi connectivity index (χ1v) is 8.69. The Labute approximate surface area is 140 Å². The highest BCUT2D eigenvalue weighted by Crippen LogP contribution is 2.33. The number of nitrogens with one attached hydrogen (secondary N) is 1. The van der Waals surface area contributed by atoms with Gasteiger partial charge in [0.25, 0.3) is 5.91 Å². The van der Waals surface area contributed by atoms with Crippen LogP contribution < -0.4 is 5.32 Å². The zero-order chi connectivity index (χ0) is 15.7. The third-order valence-corrected chi connectivity index (χ3v) is 5.30. The van der Waals surface area contributed by atoms with Gasteiger partial charge in [0, 0.05) is 5.38 Å². The molecule has 1 amide bonds. The average Bonchev–Trinajstić information content (AvgIpc) is 3.18. The number of halogens is 1. The van der Waals surface area contributed by atoms with Gasteiger partial charge >= 0.3 is 0 Å². The highest BCUT2D eigenvalue weighted by Gasteiger charge is 2.17. The molecular weight excluding hydrogens is 340 g/mol. The molecule has 0 aliphatic rings. The van der Waals surface area contributed by atoms with Crippen molar-refractivity contribution in [1.29, 1.82) is 0 Å². The van der Waals surface area contributed by atoms with Crippen LogP contribution in [0.3, 0.4) is 0 Å². The maximum Gasteiger partial charge on any atom is 0.271 e. The topological polar surface area (TPSA) is 55.1 Å². The highest BCUT2D eigenvalue weighted by atomic mass is 35.5. The Hall–Kier alpha value is -1.63. The van der Waals surface area contributed by atoms with Crippen LogP contribution in [0.5, 0.6) is 0 Å². The van der Waals surface area contributed by atoms with Crippen molar-refractivity contribution in [2.75, 3.05) is 0 Å². The van der Waals surface area contributed by atoms with E-state index < -0.39 is 0 Å². The Morgan fingerprint density at radius 2 is 2.18 bits per heavy atom. The summed E-state index contributed by atoms with van der Waals surface area (Å²) in [5.41, 5.74) is 0.402. The Morgan fingerprint density at radius 1 is 1.36 bits per heavy atom. The fraction of sp³-hybridized carbons (Fsp3) is 0.200. The molecule has 3 aromatic heterocycles. The second-order valence-electron chi connectivity index (χ2n) is 4.79. The van der Waals surface area contributed by atoms with Gasteiger partial charge in [0.1, 0.15) is 22.2 Å². The SMILES string of the molecule is Cc1ccc(C(C)NC(=O)c2csc(-c3ccc(Cl)s3)n2)o1. The number of furan rings is 1. The van der Waals surface area contributed by atoms with E-state index in [1.807, 2.05) is 38.1 Å². The molecular formula is C15H13ClN2O2S2. The molecule has 3 aromatic rings. The highest BCUT2D eigenvalue weighted by molar-refractivity contribution is 7.23. The molecule has 3 heterocycles. The molecule has 1 atom stereocenters. The van der Waals surface area contributed by atoms with Crippen LogP contribution in [0.1, 0.15) is 35.0 Å². The minimum absolute atomic E-state index is 0.206. The molecule has 0 aromatic carbocycles. The van der Waals surface area contributed by atoms with E-state index in [0.717, 1.165) is 21.4 Å². The summed E-state index contributed by atoms with van der Waals surface area (Å²) < 4.78 is 6.22. The molecule has 22 heavy (non-hydrogen) atoms. The molecule has 7 heteroatoms. The molecule has 0 saturated heterocycles. The number of amides is 1. The van der Waals surface area contributed by atoms with Gasteiger partial charge < -0.3 is 9.73 Å². The zero-order valence-corrected chi connectivity index (χ0v) is 14.3. The fourth-order valence-electron chi connectivity index (χ4n) is 1.95. The molecule has 0 saturated carbocycles. The summed E-state index contributed by atoms with van der Waals surface area (Å²) in [6.07, 6.45) is 0. The van der Waals surface area contributed by atoms with Crippen LogP contribution in [0.4, 0.5) is 0 Å². The fourth-order valence-corrected chi connectivity index (χ4v) is 3.86. The second-order valence-corrected chi connectivity index (χ2v) is 7.36. The van der Waals surface area contributed by atoms with Crippen LogP contribution in [-0.4, -0.2) is 10.9 Å². The van der Waals surface area contributed by atoms with Crippen molar-refractivity contribution < 1.29 is 9.21 Å². The first-order valence-electron chi connectivity index (χ1n) is 6.61. The Bertz CT molecular complexity index is 806. The number of carbonyl (C=O) groups excluding carboxylic acids is 1. The van der Waals surface area contributed by atoms with Crippen LogP contribution in [0.2, 0.25) is 4.34 Å². The lowest BCUT2D eigenvalue weighted by molar-refractivity contribution is 0.0931. The van der Waals surface area contributed by atoms with Gasteiger partial charge in [-0.3, -0.25) is 4.79 Å². The number of hydrogen-bond donors (Lipinski definition) is 1. The monoisotopic (exact) mass is 352 g/mol. The zero-order valence-electron chi connectivity index (χ0n) is 11.9. The molecule has 0 bridgehead atoms. The average molecular weight is 353 g/mol.